The highest BCUT2D eigenvalue weighted by molar-refractivity contribution is 6.35. The largest absolute Gasteiger partial charge is 0.461 e. The van der Waals surface area contributed by atoms with Gasteiger partial charge in [-0.1, -0.05) is 36.2 Å². The standard InChI is InChI=1S/C12H12Cl2O2/c1-7-4-10(7)12(15)16-6-8-2-3-9(13)5-11(8)14/h2-3,5,7,10H,4,6H2,1H3/t7-,10+/m1/s1. The smallest absolute Gasteiger partial charge is 0.309 e. The van der Waals surface area contributed by atoms with E-state index in [-0.39, 0.29) is 18.5 Å². The molecule has 1 aliphatic rings. The van der Waals surface area contributed by atoms with Gasteiger partial charge < -0.3 is 4.74 Å². The fraction of sp³-hybridized carbons (Fsp3) is 0.417. The van der Waals surface area contributed by atoms with E-state index < -0.39 is 0 Å². The molecular weight excluding hydrogens is 247 g/mol. The Morgan fingerprint density at radius 1 is 1.50 bits per heavy atom. The Bertz CT molecular complexity index is 417. The van der Waals surface area contributed by atoms with Gasteiger partial charge in [0.1, 0.15) is 6.61 Å². The van der Waals surface area contributed by atoms with Crippen LogP contribution in [-0.4, -0.2) is 5.97 Å². The van der Waals surface area contributed by atoms with Crippen molar-refractivity contribution in [1.29, 1.82) is 0 Å². The van der Waals surface area contributed by atoms with E-state index in [1.807, 2.05) is 6.92 Å². The lowest BCUT2D eigenvalue weighted by Crippen LogP contribution is -2.07. The van der Waals surface area contributed by atoms with Crippen LogP contribution in [0.5, 0.6) is 0 Å². The molecule has 0 saturated heterocycles. The minimum absolute atomic E-state index is 0.0890. The molecule has 1 aromatic carbocycles. The van der Waals surface area contributed by atoms with E-state index >= 15 is 0 Å². The Balaban J connectivity index is 1.92. The van der Waals surface area contributed by atoms with Crippen LogP contribution >= 0.6 is 23.2 Å². The molecule has 1 saturated carbocycles. The molecule has 0 N–H and O–H groups in total. The molecule has 4 heteroatoms. The molecule has 86 valence electrons. The molecule has 1 aromatic rings. The Labute approximate surface area is 104 Å². The van der Waals surface area contributed by atoms with E-state index in [4.69, 9.17) is 27.9 Å². The summed E-state index contributed by atoms with van der Waals surface area (Å²) in [7, 11) is 0. The molecule has 0 amide bonds. The fourth-order valence-electron chi connectivity index (χ4n) is 1.55. The van der Waals surface area contributed by atoms with Gasteiger partial charge in [-0.2, -0.15) is 0 Å². The third-order valence-corrected chi connectivity index (χ3v) is 3.38. The Morgan fingerprint density at radius 2 is 2.19 bits per heavy atom. The van der Waals surface area contributed by atoms with Gasteiger partial charge in [-0.25, -0.2) is 0 Å². The number of halogens is 2. The van der Waals surface area contributed by atoms with Gasteiger partial charge in [0.15, 0.2) is 0 Å². The molecule has 2 rings (SSSR count). The number of ether oxygens (including phenoxy) is 1. The van der Waals surface area contributed by atoms with Crippen molar-refractivity contribution < 1.29 is 9.53 Å². The van der Waals surface area contributed by atoms with Crippen LogP contribution in [0.25, 0.3) is 0 Å². The van der Waals surface area contributed by atoms with Crippen molar-refractivity contribution in [2.75, 3.05) is 0 Å². The van der Waals surface area contributed by atoms with Crippen molar-refractivity contribution in [3.8, 4) is 0 Å². The van der Waals surface area contributed by atoms with Crippen LogP contribution in [0.1, 0.15) is 18.9 Å². The zero-order chi connectivity index (χ0) is 11.7. The Morgan fingerprint density at radius 3 is 2.75 bits per heavy atom. The zero-order valence-electron chi connectivity index (χ0n) is 8.87. The minimum atomic E-state index is -0.126. The van der Waals surface area contributed by atoms with Crippen LogP contribution < -0.4 is 0 Å². The second kappa shape index (κ2) is 4.64. The number of esters is 1. The molecule has 0 unspecified atom stereocenters. The average Bonchev–Trinajstić information content (AvgIpc) is 2.94. The molecular formula is C12H12Cl2O2. The first-order valence-electron chi connectivity index (χ1n) is 5.18. The molecule has 16 heavy (non-hydrogen) atoms. The first-order valence-corrected chi connectivity index (χ1v) is 5.94. The minimum Gasteiger partial charge on any atom is -0.461 e. The molecule has 1 fully saturated rings. The molecule has 0 aromatic heterocycles. The molecule has 0 bridgehead atoms. The lowest BCUT2D eigenvalue weighted by atomic mass is 10.2. The van der Waals surface area contributed by atoms with Crippen LogP contribution in [-0.2, 0) is 16.1 Å². The zero-order valence-corrected chi connectivity index (χ0v) is 10.4. The summed E-state index contributed by atoms with van der Waals surface area (Å²) >= 11 is 11.7. The summed E-state index contributed by atoms with van der Waals surface area (Å²) in [5.41, 5.74) is 0.785. The topological polar surface area (TPSA) is 26.3 Å². The average molecular weight is 259 g/mol. The number of rotatable bonds is 3. The van der Waals surface area contributed by atoms with Crippen LogP contribution in [0, 0.1) is 11.8 Å². The van der Waals surface area contributed by atoms with Crippen molar-refractivity contribution in [2.24, 2.45) is 11.8 Å². The molecule has 0 spiro atoms. The predicted octanol–water partition coefficient (Wildman–Crippen LogP) is 3.69. The summed E-state index contributed by atoms with van der Waals surface area (Å²) in [5, 5.41) is 1.11. The van der Waals surface area contributed by atoms with Crippen molar-refractivity contribution in [2.45, 2.75) is 20.0 Å². The highest BCUT2D eigenvalue weighted by Crippen LogP contribution is 2.38. The van der Waals surface area contributed by atoms with Gasteiger partial charge in [0.25, 0.3) is 0 Å². The van der Waals surface area contributed by atoms with E-state index in [1.54, 1.807) is 18.2 Å². The molecule has 2 atom stereocenters. The molecule has 1 aliphatic carbocycles. The summed E-state index contributed by atoms with van der Waals surface area (Å²) in [6.45, 7) is 2.26. The fourth-order valence-corrected chi connectivity index (χ4v) is 2.01. The summed E-state index contributed by atoms with van der Waals surface area (Å²) in [6.07, 6.45) is 0.938. The van der Waals surface area contributed by atoms with Gasteiger partial charge in [0, 0.05) is 15.6 Å². The highest BCUT2D eigenvalue weighted by atomic mass is 35.5. The van der Waals surface area contributed by atoms with Crippen LogP contribution in [0.15, 0.2) is 18.2 Å². The maximum Gasteiger partial charge on any atom is 0.309 e. The Kier molecular flexibility index (Phi) is 3.41. The number of benzene rings is 1. The molecule has 0 heterocycles. The van der Waals surface area contributed by atoms with Crippen LogP contribution in [0.3, 0.4) is 0 Å². The first kappa shape index (κ1) is 11.7. The summed E-state index contributed by atoms with van der Waals surface area (Å²) in [5.74, 6) is 0.429. The van der Waals surface area contributed by atoms with Crippen LogP contribution in [0.4, 0.5) is 0 Å². The monoisotopic (exact) mass is 258 g/mol. The van der Waals surface area contributed by atoms with Gasteiger partial charge in [0.05, 0.1) is 5.92 Å². The van der Waals surface area contributed by atoms with Gasteiger partial charge in [-0.3, -0.25) is 4.79 Å². The normalized spacial score (nSPS) is 22.9. The van der Waals surface area contributed by atoms with Crippen molar-refractivity contribution >= 4 is 29.2 Å². The number of carbonyl (C=O) groups excluding carboxylic acids is 1. The second-order valence-corrected chi connectivity index (χ2v) is 5.01. The third-order valence-electron chi connectivity index (χ3n) is 2.80. The van der Waals surface area contributed by atoms with Crippen molar-refractivity contribution in [1.82, 2.24) is 0 Å². The van der Waals surface area contributed by atoms with Gasteiger partial charge in [-0.05, 0) is 24.5 Å². The molecule has 2 nitrogen and oxygen atoms in total. The van der Waals surface area contributed by atoms with Gasteiger partial charge >= 0.3 is 5.97 Å². The number of hydrogen-bond donors (Lipinski definition) is 0. The number of hydrogen-bond acceptors (Lipinski definition) is 2. The lowest BCUT2D eigenvalue weighted by Gasteiger charge is -2.06. The van der Waals surface area contributed by atoms with Crippen molar-refractivity contribution in [3.05, 3.63) is 33.8 Å². The highest BCUT2D eigenvalue weighted by Gasteiger charge is 2.40. The number of carbonyl (C=O) groups is 1. The van der Waals surface area contributed by atoms with E-state index in [1.165, 1.54) is 0 Å². The van der Waals surface area contributed by atoms with Crippen molar-refractivity contribution in [3.63, 3.8) is 0 Å². The maximum absolute atomic E-state index is 11.5. The summed E-state index contributed by atoms with van der Waals surface area (Å²) in [4.78, 5) is 11.5. The SMILES string of the molecule is C[C@@H]1C[C@@H]1C(=O)OCc1ccc(Cl)cc1Cl. The maximum atomic E-state index is 11.5. The summed E-state index contributed by atoms with van der Waals surface area (Å²) in [6, 6.07) is 5.15. The van der Waals surface area contributed by atoms with E-state index in [9.17, 15) is 4.79 Å². The van der Waals surface area contributed by atoms with E-state index in [0.29, 0.717) is 16.0 Å². The van der Waals surface area contributed by atoms with E-state index in [0.717, 1.165) is 12.0 Å². The molecule has 0 radical (unpaired) electrons. The Hall–Kier alpha value is -0.730. The molecule has 0 aliphatic heterocycles. The second-order valence-electron chi connectivity index (χ2n) is 4.16. The summed E-state index contributed by atoms with van der Waals surface area (Å²) < 4.78 is 5.18. The van der Waals surface area contributed by atoms with Gasteiger partial charge in [-0.15, -0.1) is 0 Å². The van der Waals surface area contributed by atoms with Crippen LogP contribution in [0.2, 0.25) is 10.0 Å². The van der Waals surface area contributed by atoms with E-state index in [2.05, 4.69) is 0 Å². The first-order chi connectivity index (χ1) is 7.58. The lowest BCUT2D eigenvalue weighted by molar-refractivity contribution is -0.146. The third kappa shape index (κ3) is 2.69. The predicted molar refractivity (Wildman–Crippen MR) is 63.5 cm³/mol. The van der Waals surface area contributed by atoms with Gasteiger partial charge in [0.2, 0.25) is 0 Å². The quantitative estimate of drug-likeness (QED) is 0.774.